The second-order valence-corrected chi connectivity index (χ2v) is 6.51. The summed E-state index contributed by atoms with van der Waals surface area (Å²) < 4.78 is 38.1. The molecule has 23 heavy (non-hydrogen) atoms. The standard InChI is InChI=1S/C16H25F3N2O2/c17-16(18,19)15(23)7-10-21(11-8-15)12-14(22)20-9-6-13-4-2-1-3-5-13/h4,23H,1-3,5-12H2,(H,20,22). The van der Waals surface area contributed by atoms with Gasteiger partial charge in [0.25, 0.3) is 0 Å². The summed E-state index contributed by atoms with van der Waals surface area (Å²) in [5.41, 5.74) is -1.22. The summed E-state index contributed by atoms with van der Waals surface area (Å²) >= 11 is 0. The van der Waals surface area contributed by atoms with Crippen LogP contribution in [0.2, 0.25) is 0 Å². The molecule has 1 aliphatic carbocycles. The number of allylic oxidation sites excluding steroid dienone is 1. The van der Waals surface area contributed by atoms with Crippen molar-refractivity contribution in [3.63, 3.8) is 0 Å². The average Bonchev–Trinajstić information content (AvgIpc) is 2.50. The van der Waals surface area contributed by atoms with Crippen LogP contribution in [0.4, 0.5) is 13.2 Å². The van der Waals surface area contributed by atoms with E-state index in [0.29, 0.717) is 6.54 Å². The van der Waals surface area contributed by atoms with E-state index in [0.717, 1.165) is 19.3 Å². The van der Waals surface area contributed by atoms with E-state index in [4.69, 9.17) is 0 Å². The fraction of sp³-hybridized carbons (Fsp3) is 0.812. The first-order valence-corrected chi connectivity index (χ1v) is 8.26. The Kier molecular flexibility index (Phi) is 6.08. The predicted octanol–water partition coefficient (Wildman–Crippen LogP) is 2.38. The van der Waals surface area contributed by atoms with Crippen LogP contribution in [0.1, 0.15) is 44.9 Å². The average molecular weight is 334 g/mol. The number of hydrogen-bond donors (Lipinski definition) is 2. The van der Waals surface area contributed by atoms with Crippen molar-refractivity contribution in [2.45, 2.75) is 56.7 Å². The molecule has 2 aliphatic rings. The lowest BCUT2D eigenvalue weighted by Gasteiger charge is -2.38. The molecule has 1 saturated heterocycles. The van der Waals surface area contributed by atoms with Crippen LogP contribution in [0.3, 0.4) is 0 Å². The Bertz CT molecular complexity index is 441. The number of alkyl halides is 3. The number of amides is 1. The van der Waals surface area contributed by atoms with Gasteiger partial charge in [0.05, 0.1) is 6.54 Å². The van der Waals surface area contributed by atoms with E-state index in [1.54, 1.807) is 4.90 Å². The number of likely N-dealkylation sites (tertiary alicyclic amines) is 1. The Labute approximate surface area is 134 Å². The lowest BCUT2D eigenvalue weighted by Crippen LogP contribution is -2.54. The zero-order chi connectivity index (χ0) is 16.9. The minimum atomic E-state index is -4.60. The highest BCUT2D eigenvalue weighted by Gasteiger charge is 2.54. The fourth-order valence-electron chi connectivity index (χ4n) is 3.12. The summed E-state index contributed by atoms with van der Waals surface area (Å²) in [5, 5.41) is 12.4. The molecule has 0 aromatic carbocycles. The van der Waals surface area contributed by atoms with Gasteiger partial charge in [-0.25, -0.2) is 0 Å². The minimum absolute atomic E-state index is 0.0780. The van der Waals surface area contributed by atoms with Gasteiger partial charge in [-0.1, -0.05) is 11.6 Å². The summed E-state index contributed by atoms with van der Waals surface area (Å²) in [6.45, 7) is 0.821. The topological polar surface area (TPSA) is 52.6 Å². The number of halogens is 3. The third-order valence-electron chi connectivity index (χ3n) is 4.73. The molecule has 2 N–H and O–H groups in total. The molecule has 0 atom stereocenters. The lowest BCUT2D eigenvalue weighted by molar-refractivity contribution is -0.272. The third-order valence-corrected chi connectivity index (χ3v) is 4.73. The molecule has 0 unspecified atom stereocenters. The zero-order valence-electron chi connectivity index (χ0n) is 13.3. The van der Waals surface area contributed by atoms with Gasteiger partial charge in [-0.3, -0.25) is 9.69 Å². The molecular weight excluding hydrogens is 309 g/mol. The monoisotopic (exact) mass is 334 g/mol. The second kappa shape index (κ2) is 7.66. The van der Waals surface area contributed by atoms with Crippen LogP contribution in [-0.2, 0) is 4.79 Å². The van der Waals surface area contributed by atoms with Crippen molar-refractivity contribution < 1.29 is 23.1 Å². The van der Waals surface area contributed by atoms with Crippen molar-refractivity contribution in [3.05, 3.63) is 11.6 Å². The van der Waals surface area contributed by atoms with Gasteiger partial charge in [0.1, 0.15) is 0 Å². The van der Waals surface area contributed by atoms with Crippen molar-refractivity contribution in [2.24, 2.45) is 0 Å². The Balaban J connectivity index is 1.66. The largest absolute Gasteiger partial charge is 0.417 e. The van der Waals surface area contributed by atoms with Gasteiger partial charge < -0.3 is 10.4 Å². The maximum absolute atomic E-state index is 12.7. The molecule has 1 amide bonds. The van der Waals surface area contributed by atoms with Gasteiger partial charge in [0.15, 0.2) is 5.60 Å². The summed E-state index contributed by atoms with van der Waals surface area (Å²) in [7, 11) is 0. The number of piperidine rings is 1. The zero-order valence-corrected chi connectivity index (χ0v) is 13.3. The second-order valence-electron chi connectivity index (χ2n) is 6.51. The van der Waals surface area contributed by atoms with Gasteiger partial charge >= 0.3 is 6.18 Å². The van der Waals surface area contributed by atoms with E-state index in [1.807, 2.05) is 0 Å². The van der Waals surface area contributed by atoms with Crippen molar-refractivity contribution in [1.29, 1.82) is 0 Å². The molecule has 2 rings (SSSR count). The molecule has 0 radical (unpaired) electrons. The molecule has 0 bridgehead atoms. The minimum Gasteiger partial charge on any atom is -0.380 e. The van der Waals surface area contributed by atoms with E-state index in [-0.39, 0.29) is 38.4 Å². The van der Waals surface area contributed by atoms with Crippen molar-refractivity contribution in [3.8, 4) is 0 Å². The van der Waals surface area contributed by atoms with E-state index < -0.39 is 11.8 Å². The highest BCUT2D eigenvalue weighted by Crippen LogP contribution is 2.38. The summed E-state index contributed by atoms with van der Waals surface area (Å²) in [6.07, 6.45) is 2.36. The highest BCUT2D eigenvalue weighted by atomic mass is 19.4. The number of hydrogen-bond acceptors (Lipinski definition) is 3. The third kappa shape index (κ3) is 5.21. The quantitative estimate of drug-likeness (QED) is 0.759. The first-order valence-electron chi connectivity index (χ1n) is 8.26. The molecule has 1 heterocycles. The number of aliphatic hydroxyl groups is 1. The Hall–Kier alpha value is -1.08. The van der Waals surface area contributed by atoms with Crippen LogP contribution >= 0.6 is 0 Å². The number of nitrogens with one attached hydrogen (secondary N) is 1. The normalized spacial score (nSPS) is 22.5. The van der Waals surface area contributed by atoms with Gasteiger partial charge in [0, 0.05) is 19.6 Å². The number of nitrogens with zero attached hydrogens (tertiary/aromatic N) is 1. The summed E-state index contributed by atoms with van der Waals surface area (Å²) in [4.78, 5) is 13.5. The van der Waals surface area contributed by atoms with Gasteiger partial charge in [-0.15, -0.1) is 0 Å². The molecule has 4 nitrogen and oxygen atoms in total. The van der Waals surface area contributed by atoms with Crippen LogP contribution in [0, 0.1) is 0 Å². The maximum atomic E-state index is 12.7. The number of carbonyl (C=O) groups is 1. The van der Waals surface area contributed by atoms with Crippen LogP contribution in [0.15, 0.2) is 11.6 Å². The molecule has 1 fully saturated rings. The van der Waals surface area contributed by atoms with E-state index in [9.17, 15) is 23.1 Å². The Morgan fingerprint density at radius 2 is 2.00 bits per heavy atom. The van der Waals surface area contributed by atoms with Crippen LogP contribution in [-0.4, -0.2) is 53.9 Å². The van der Waals surface area contributed by atoms with E-state index in [2.05, 4.69) is 11.4 Å². The maximum Gasteiger partial charge on any atom is 0.417 e. The van der Waals surface area contributed by atoms with Crippen LogP contribution < -0.4 is 5.32 Å². The Morgan fingerprint density at radius 3 is 2.57 bits per heavy atom. The molecular formula is C16H25F3N2O2. The molecule has 0 aromatic heterocycles. The SMILES string of the molecule is O=C(CN1CCC(O)(C(F)(F)F)CC1)NCCC1=CCCCC1. The van der Waals surface area contributed by atoms with Crippen molar-refractivity contribution in [1.82, 2.24) is 10.2 Å². The lowest BCUT2D eigenvalue weighted by atomic mass is 9.91. The Morgan fingerprint density at radius 1 is 1.30 bits per heavy atom. The smallest absolute Gasteiger partial charge is 0.380 e. The fourth-order valence-corrected chi connectivity index (χ4v) is 3.12. The molecule has 0 spiro atoms. The molecule has 0 aromatic rings. The van der Waals surface area contributed by atoms with Gasteiger partial charge in [0.2, 0.25) is 5.91 Å². The van der Waals surface area contributed by atoms with Crippen molar-refractivity contribution in [2.75, 3.05) is 26.2 Å². The molecule has 132 valence electrons. The van der Waals surface area contributed by atoms with Crippen LogP contribution in [0.5, 0.6) is 0 Å². The highest BCUT2D eigenvalue weighted by molar-refractivity contribution is 5.78. The molecule has 7 heteroatoms. The van der Waals surface area contributed by atoms with Gasteiger partial charge in [-0.05, 0) is 44.9 Å². The van der Waals surface area contributed by atoms with Gasteiger partial charge in [-0.2, -0.15) is 13.2 Å². The summed E-state index contributed by atoms with van der Waals surface area (Å²) in [5.74, 6) is -0.168. The van der Waals surface area contributed by atoms with E-state index in [1.165, 1.54) is 18.4 Å². The van der Waals surface area contributed by atoms with Crippen molar-refractivity contribution >= 4 is 5.91 Å². The first-order chi connectivity index (χ1) is 10.8. The summed E-state index contributed by atoms with van der Waals surface area (Å²) in [6, 6.07) is 0. The molecule has 1 aliphatic heterocycles. The molecule has 0 saturated carbocycles. The van der Waals surface area contributed by atoms with E-state index >= 15 is 0 Å². The first kappa shape index (κ1) is 18.3. The number of rotatable bonds is 5. The predicted molar refractivity (Wildman–Crippen MR) is 80.9 cm³/mol. The number of carbonyl (C=O) groups excluding carboxylic acids is 1. The van der Waals surface area contributed by atoms with Crippen LogP contribution in [0.25, 0.3) is 0 Å².